The summed E-state index contributed by atoms with van der Waals surface area (Å²) in [4.78, 5) is 31.0. The number of aromatic nitrogens is 2. The second kappa shape index (κ2) is 8.74. The van der Waals surface area contributed by atoms with Gasteiger partial charge in [-0.05, 0) is 24.3 Å². The van der Waals surface area contributed by atoms with Crippen molar-refractivity contribution in [2.45, 2.75) is 5.16 Å². The van der Waals surface area contributed by atoms with Crippen molar-refractivity contribution in [2.24, 2.45) is 0 Å². The van der Waals surface area contributed by atoms with Crippen molar-refractivity contribution < 1.29 is 9.72 Å². The number of nitro benzene ring substituents is 1. The third-order valence-electron chi connectivity index (χ3n) is 3.45. The zero-order valence-electron chi connectivity index (χ0n) is 13.8. The fourth-order valence-electron chi connectivity index (χ4n) is 2.22. The minimum Gasteiger partial charge on any atom is -0.325 e. The minimum absolute atomic E-state index is 0.0778. The van der Waals surface area contributed by atoms with Gasteiger partial charge in [0, 0.05) is 34.1 Å². The molecule has 0 unspecified atom stereocenters. The number of amides is 1. The van der Waals surface area contributed by atoms with Crippen LogP contribution in [-0.4, -0.2) is 26.6 Å². The van der Waals surface area contributed by atoms with Crippen molar-refractivity contribution in [1.29, 1.82) is 0 Å². The Labute approximate surface area is 167 Å². The Morgan fingerprint density at radius 1 is 1.19 bits per heavy atom. The van der Waals surface area contributed by atoms with E-state index in [0.717, 1.165) is 15.7 Å². The highest BCUT2D eigenvalue weighted by Gasteiger charge is 2.10. The summed E-state index contributed by atoms with van der Waals surface area (Å²) in [5.74, 6) is -0.204. The van der Waals surface area contributed by atoms with Crippen LogP contribution < -0.4 is 5.32 Å². The van der Waals surface area contributed by atoms with Gasteiger partial charge in [-0.2, -0.15) is 0 Å². The molecule has 1 heterocycles. The quantitative estimate of drug-likeness (QED) is 0.259. The van der Waals surface area contributed by atoms with Crippen molar-refractivity contribution in [3.8, 4) is 11.3 Å². The number of hydrogen-bond donors (Lipinski definition) is 1. The number of nitrogens with one attached hydrogen (secondary N) is 1. The lowest BCUT2D eigenvalue weighted by molar-refractivity contribution is -0.384. The molecule has 3 aromatic rings. The van der Waals surface area contributed by atoms with Gasteiger partial charge in [-0.1, -0.05) is 45.9 Å². The number of anilines is 1. The molecule has 136 valence electrons. The maximum Gasteiger partial charge on any atom is 0.271 e. The predicted octanol–water partition coefficient (Wildman–Crippen LogP) is 4.55. The molecular weight excluding hydrogens is 432 g/mol. The van der Waals surface area contributed by atoms with E-state index in [1.54, 1.807) is 18.3 Å². The van der Waals surface area contributed by atoms with Crippen LogP contribution in [0.4, 0.5) is 11.4 Å². The average molecular weight is 445 g/mol. The molecular formula is C18H13BrN4O3S. The molecule has 0 aliphatic carbocycles. The Morgan fingerprint density at radius 2 is 1.96 bits per heavy atom. The Hall–Kier alpha value is -2.78. The molecule has 0 fully saturated rings. The Morgan fingerprint density at radius 3 is 2.70 bits per heavy atom. The first-order valence-electron chi connectivity index (χ1n) is 7.77. The zero-order valence-corrected chi connectivity index (χ0v) is 16.2. The molecule has 0 aliphatic rings. The van der Waals surface area contributed by atoms with E-state index in [4.69, 9.17) is 0 Å². The summed E-state index contributed by atoms with van der Waals surface area (Å²) in [5.41, 5.74) is 2.01. The predicted molar refractivity (Wildman–Crippen MR) is 108 cm³/mol. The van der Waals surface area contributed by atoms with Crippen LogP contribution in [0.3, 0.4) is 0 Å². The van der Waals surface area contributed by atoms with E-state index in [1.165, 1.54) is 30.0 Å². The molecule has 7 nitrogen and oxygen atoms in total. The SMILES string of the molecule is O=C(CSc1nccc(-c2ccc(Br)cc2)n1)Nc1cccc([N+](=O)[O-])c1. The Balaban J connectivity index is 1.62. The third kappa shape index (κ3) is 5.35. The van der Waals surface area contributed by atoms with Gasteiger partial charge in [-0.3, -0.25) is 14.9 Å². The highest BCUT2D eigenvalue weighted by Crippen LogP contribution is 2.22. The summed E-state index contributed by atoms with van der Waals surface area (Å²) in [6.45, 7) is 0. The third-order valence-corrected chi connectivity index (χ3v) is 4.84. The minimum atomic E-state index is -0.508. The number of nitro groups is 1. The topological polar surface area (TPSA) is 98.0 Å². The van der Waals surface area contributed by atoms with E-state index in [-0.39, 0.29) is 17.3 Å². The molecule has 1 aromatic heterocycles. The Kier molecular flexibility index (Phi) is 6.15. The highest BCUT2D eigenvalue weighted by atomic mass is 79.9. The van der Waals surface area contributed by atoms with Crippen molar-refractivity contribution in [1.82, 2.24) is 9.97 Å². The van der Waals surface area contributed by atoms with Crippen LogP contribution in [0.2, 0.25) is 0 Å². The number of hydrogen-bond acceptors (Lipinski definition) is 6. The first-order chi connectivity index (χ1) is 13.0. The summed E-state index contributed by atoms with van der Waals surface area (Å²) in [6.07, 6.45) is 1.64. The van der Waals surface area contributed by atoms with Gasteiger partial charge in [0.25, 0.3) is 5.69 Å². The van der Waals surface area contributed by atoms with Crippen LogP contribution in [0.5, 0.6) is 0 Å². The van der Waals surface area contributed by atoms with E-state index in [2.05, 4.69) is 31.2 Å². The highest BCUT2D eigenvalue weighted by molar-refractivity contribution is 9.10. The van der Waals surface area contributed by atoms with Gasteiger partial charge in [0.05, 0.1) is 16.4 Å². The van der Waals surface area contributed by atoms with E-state index in [1.807, 2.05) is 24.3 Å². The van der Waals surface area contributed by atoms with E-state index in [0.29, 0.717) is 10.8 Å². The molecule has 0 atom stereocenters. The first kappa shape index (κ1) is 19.0. The summed E-state index contributed by atoms with van der Waals surface area (Å²) >= 11 is 4.59. The van der Waals surface area contributed by atoms with Crippen LogP contribution in [-0.2, 0) is 4.79 Å². The van der Waals surface area contributed by atoms with Gasteiger partial charge in [-0.25, -0.2) is 9.97 Å². The largest absolute Gasteiger partial charge is 0.325 e. The molecule has 3 rings (SSSR count). The van der Waals surface area contributed by atoms with E-state index < -0.39 is 4.92 Å². The lowest BCUT2D eigenvalue weighted by atomic mass is 10.1. The Bertz CT molecular complexity index is 982. The van der Waals surface area contributed by atoms with Crippen LogP contribution in [0.15, 0.2) is 70.4 Å². The average Bonchev–Trinajstić information content (AvgIpc) is 2.67. The standard InChI is InChI=1S/C18H13BrN4O3S/c19-13-6-4-12(5-7-13)16-8-9-20-18(22-16)27-11-17(24)21-14-2-1-3-15(10-14)23(25)26/h1-10H,11H2,(H,21,24). The normalized spacial score (nSPS) is 10.4. The van der Waals surface area contributed by atoms with Crippen LogP contribution in [0, 0.1) is 10.1 Å². The summed E-state index contributed by atoms with van der Waals surface area (Å²) in [5, 5.41) is 13.9. The van der Waals surface area contributed by atoms with E-state index in [9.17, 15) is 14.9 Å². The zero-order chi connectivity index (χ0) is 19.2. The maximum atomic E-state index is 12.1. The van der Waals surface area contributed by atoms with Crippen LogP contribution in [0.25, 0.3) is 11.3 Å². The number of carbonyl (C=O) groups is 1. The molecule has 1 amide bonds. The van der Waals surface area contributed by atoms with Crippen LogP contribution >= 0.6 is 27.7 Å². The lowest BCUT2D eigenvalue weighted by Gasteiger charge is -2.06. The molecule has 0 saturated heterocycles. The van der Waals surface area contributed by atoms with Gasteiger partial charge in [0.1, 0.15) is 0 Å². The maximum absolute atomic E-state index is 12.1. The second-order valence-corrected chi connectivity index (χ2v) is 7.23. The molecule has 1 N–H and O–H groups in total. The smallest absolute Gasteiger partial charge is 0.271 e. The fraction of sp³-hybridized carbons (Fsp3) is 0.0556. The summed E-state index contributed by atoms with van der Waals surface area (Å²) in [6, 6.07) is 15.3. The van der Waals surface area contributed by atoms with Crippen LogP contribution in [0.1, 0.15) is 0 Å². The molecule has 0 bridgehead atoms. The summed E-state index contributed by atoms with van der Waals surface area (Å²) in [7, 11) is 0. The van der Waals surface area contributed by atoms with Crippen molar-refractivity contribution in [2.75, 3.05) is 11.1 Å². The molecule has 9 heteroatoms. The van der Waals surface area contributed by atoms with Crippen molar-refractivity contribution in [3.63, 3.8) is 0 Å². The number of thioether (sulfide) groups is 1. The molecule has 0 saturated carbocycles. The molecule has 27 heavy (non-hydrogen) atoms. The van der Waals surface area contributed by atoms with Gasteiger partial charge in [-0.15, -0.1) is 0 Å². The lowest BCUT2D eigenvalue weighted by Crippen LogP contribution is -2.14. The van der Waals surface area contributed by atoms with Gasteiger partial charge in [0.2, 0.25) is 5.91 Å². The first-order valence-corrected chi connectivity index (χ1v) is 9.55. The molecule has 0 radical (unpaired) electrons. The molecule has 0 spiro atoms. The number of rotatable bonds is 6. The number of halogens is 1. The van der Waals surface area contributed by atoms with Gasteiger partial charge >= 0.3 is 0 Å². The van der Waals surface area contributed by atoms with Crippen molar-refractivity contribution >= 4 is 45.0 Å². The molecule has 2 aromatic carbocycles. The second-order valence-electron chi connectivity index (χ2n) is 5.38. The number of non-ortho nitro benzene ring substituents is 1. The number of carbonyl (C=O) groups excluding carboxylic acids is 1. The van der Waals surface area contributed by atoms with E-state index >= 15 is 0 Å². The molecule has 0 aliphatic heterocycles. The monoisotopic (exact) mass is 444 g/mol. The fourth-order valence-corrected chi connectivity index (χ4v) is 3.11. The number of nitrogens with zero attached hydrogens (tertiary/aromatic N) is 3. The van der Waals surface area contributed by atoms with Gasteiger partial charge < -0.3 is 5.32 Å². The van der Waals surface area contributed by atoms with Gasteiger partial charge in [0.15, 0.2) is 5.16 Å². The summed E-state index contributed by atoms with van der Waals surface area (Å²) < 4.78 is 0.979. The number of benzene rings is 2. The van der Waals surface area contributed by atoms with Crippen molar-refractivity contribution in [3.05, 3.63) is 75.4 Å².